The Morgan fingerprint density at radius 1 is 1.17 bits per heavy atom. The highest BCUT2D eigenvalue weighted by Crippen LogP contribution is 2.35. The predicted octanol–water partition coefficient (Wildman–Crippen LogP) is 3.54. The molecule has 0 aliphatic rings. The van der Waals surface area contributed by atoms with E-state index in [1.807, 2.05) is 0 Å². The average Bonchev–Trinajstić information content (AvgIpc) is 2.72. The van der Waals surface area contributed by atoms with Crippen molar-refractivity contribution >= 4 is 0 Å². The van der Waals surface area contributed by atoms with Crippen molar-refractivity contribution < 1.29 is 13.2 Å². The van der Waals surface area contributed by atoms with Crippen LogP contribution in [-0.4, -0.2) is 16.0 Å². The Labute approximate surface area is 103 Å². The molecule has 0 aliphatic carbocycles. The zero-order chi connectivity index (χ0) is 13.2. The van der Waals surface area contributed by atoms with Crippen LogP contribution in [-0.2, 0) is 6.54 Å². The van der Waals surface area contributed by atoms with Gasteiger partial charge < -0.3 is 0 Å². The lowest BCUT2D eigenvalue weighted by atomic mass is 9.99. The summed E-state index contributed by atoms with van der Waals surface area (Å²) in [6, 6.07) is 9.61. The predicted molar refractivity (Wildman–Crippen MR) is 62.2 cm³/mol. The van der Waals surface area contributed by atoms with E-state index >= 15 is 0 Å². The molecule has 96 valence electrons. The first kappa shape index (κ1) is 12.7. The molecule has 1 aromatic heterocycles. The molecule has 0 N–H and O–H groups in total. The number of halogens is 3. The van der Waals surface area contributed by atoms with Crippen LogP contribution >= 0.6 is 0 Å². The molecule has 0 saturated heterocycles. The normalized spacial score (nSPS) is 13.6. The summed E-state index contributed by atoms with van der Waals surface area (Å²) in [7, 11) is 0. The van der Waals surface area contributed by atoms with Gasteiger partial charge >= 0.3 is 6.18 Å². The van der Waals surface area contributed by atoms with Gasteiger partial charge in [-0.1, -0.05) is 30.3 Å². The van der Waals surface area contributed by atoms with Crippen LogP contribution in [0.5, 0.6) is 0 Å². The molecule has 18 heavy (non-hydrogen) atoms. The molecule has 0 fully saturated rings. The third-order valence-electron chi connectivity index (χ3n) is 2.74. The summed E-state index contributed by atoms with van der Waals surface area (Å²) in [6.07, 6.45) is -2.71. The van der Waals surface area contributed by atoms with Gasteiger partial charge in [-0.15, -0.1) is 0 Å². The molecule has 0 spiro atoms. The molecule has 1 unspecified atom stereocenters. The number of aryl methyl sites for hydroxylation is 1. The fourth-order valence-electron chi connectivity index (χ4n) is 1.84. The van der Waals surface area contributed by atoms with Gasteiger partial charge in [0, 0.05) is 6.20 Å². The van der Waals surface area contributed by atoms with E-state index in [2.05, 4.69) is 5.10 Å². The lowest BCUT2D eigenvalue weighted by Gasteiger charge is -2.20. The minimum absolute atomic E-state index is 0.193. The van der Waals surface area contributed by atoms with Gasteiger partial charge in [-0.3, -0.25) is 4.68 Å². The molecule has 1 heterocycles. The largest absolute Gasteiger partial charge is 0.397 e. The minimum atomic E-state index is -4.28. The highest BCUT2D eigenvalue weighted by molar-refractivity contribution is 5.21. The zero-order valence-corrected chi connectivity index (χ0v) is 9.85. The maximum Gasteiger partial charge on any atom is 0.397 e. The van der Waals surface area contributed by atoms with Gasteiger partial charge in [-0.05, 0) is 18.6 Å². The lowest BCUT2D eigenvalue weighted by Crippen LogP contribution is -2.25. The van der Waals surface area contributed by atoms with Crippen molar-refractivity contribution in [1.29, 1.82) is 0 Å². The Morgan fingerprint density at radius 2 is 1.83 bits per heavy atom. The number of aromatic nitrogens is 2. The highest BCUT2D eigenvalue weighted by Gasteiger charge is 2.40. The van der Waals surface area contributed by atoms with Crippen molar-refractivity contribution in [2.75, 3.05) is 0 Å². The van der Waals surface area contributed by atoms with Crippen LogP contribution in [0.3, 0.4) is 0 Å². The van der Waals surface area contributed by atoms with E-state index in [0.717, 1.165) is 0 Å². The number of hydrogen-bond acceptors (Lipinski definition) is 1. The number of hydrogen-bond donors (Lipinski definition) is 0. The van der Waals surface area contributed by atoms with E-state index in [9.17, 15) is 13.2 Å². The van der Waals surface area contributed by atoms with E-state index in [1.54, 1.807) is 37.4 Å². The Morgan fingerprint density at radius 3 is 2.33 bits per heavy atom. The van der Waals surface area contributed by atoms with Crippen LogP contribution in [0.4, 0.5) is 13.2 Å². The Bertz CT molecular complexity index is 502. The highest BCUT2D eigenvalue weighted by atomic mass is 19.4. The summed E-state index contributed by atoms with van der Waals surface area (Å²) in [5.41, 5.74) is 0.974. The van der Waals surface area contributed by atoms with Crippen LogP contribution in [0.15, 0.2) is 42.6 Å². The standard InChI is InChI=1S/C13H13F3N2/c1-10-7-8-18(17-10)9-12(13(14,15)16)11-5-3-2-4-6-11/h2-8,12H,9H2,1H3. The molecule has 2 aromatic rings. The SMILES string of the molecule is Cc1ccn(CC(c2ccccc2)C(F)(F)F)n1. The number of alkyl halides is 3. The molecule has 0 saturated carbocycles. The van der Waals surface area contributed by atoms with Crippen molar-refractivity contribution in [3.8, 4) is 0 Å². The second kappa shape index (κ2) is 4.84. The summed E-state index contributed by atoms with van der Waals surface area (Å²) in [5, 5.41) is 4.01. The van der Waals surface area contributed by atoms with Gasteiger partial charge in [0.05, 0.1) is 18.2 Å². The second-order valence-corrected chi connectivity index (χ2v) is 4.18. The van der Waals surface area contributed by atoms with E-state index < -0.39 is 12.1 Å². The first-order valence-electron chi connectivity index (χ1n) is 5.58. The fourth-order valence-corrected chi connectivity index (χ4v) is 1.84. The molecule has 1 atom stereocenters. The van der Waals surface area contributed by atoms with Crippen molar-refractivity contribution in [3.63, 3.8) is 0 Å². The molecule has 0 amide bonds. The van der Waals surface area contributed by atoms with Gasteiger partial charge in [0.25, 0.3) is 0 Å². The van der Waals surface area contributed by atoms with Crippen LogP contribution in [0.2, 0.25) is 0 Å². The number of rotatable bonds is 3. The quantitative estimate of drug-likeness (QED) is 0.819. The van der Waals surface area contributed by atoms with E-state index in [0.29, 0.717) is 5.69 Å². The van der Waals surface area contributed by atoms with Crippen molar-refractivity contribution in [2.45, 2.75) is 25.6 Å². The third-order valence-corrected chi connectivity index (χ3v) is 2.74. The number of nitrogens with zero attached hydrogens (tertiary/aromatic N) is 2. The van der Waals surface area contributed by atoms with Crippen molar-refractivity contribution in [2.24, 2.45) is 0 Å². The lowest BCUT2D eigenvalue weighted by molar-refractivity contribution is -0.154. The van der Waals surface area contributed by atoms with Gasteiger partial charge in [-0.25, -0.2) is 0 Å². The van der Waals surface area contributed by atoms with Crippen LogP contribution < -0.4 is 0 Å². The molecule has 1 aromatic carbocycles. The summed E-state index contributed by atoms with van der Waals surface area (Å²) < 4.78 is 40.5. The minimum Gasteiger partial charge on any atom is -0.272 e. The Kier molecular flexibility index (Phi) is 3.41. The first-order chi connectivity index (χ1) is 8.47. The molecule has 2 rings (SSSR count). The third kappa shape index (κ3) is 2.91. The molecule has 2 nitrogen and oxygen atoms in total. The van der Waals surface area contributed by atoms with Gasteiger partial charge in [0.15, 0.2) is 0 Å². The molecular weight excluding hydrogens is 241 g/mol. The Balaban J connectivity index is 2.27. The fraction of sp³-hybridized carbons (Fsp3) is 0.308. The maximum absolute atomic E-state index is 13.1. The topological polar surface area (TPSA) is 17.8 Å². The monoisotopic (exact) mass is 254 g/mol. The first-order valence-corrected chi connectivity index (χ1v) is 5.58. The molecule has 0 aliphatic heterocycles. The molecular formula is C13H13F3N2. The second-order valence-electron chi connectivity index (χ2n) is 4.18. The van der Waals surface area contributed by atoms with Gasteiger partial charge in [-0.2, -0.15) is 18.3 Å². The smallest absolute Gasteiger partial charge is 0.272 e. The van der Waals surface area contributed by atoms with Gasteiger partial charge in [0.2, 0.25) is 0 Å². The van der Waals surface area contributed by atoms with Gasteiger partial charge in [0.1, 0.15) is 0 Å². The molecule has 0 bridgehead atoms. The summed E-state index contributed by atoms with van der Waals surface area (Å²) in [6.45, 7) is 1.56. The average molecular weight is 254 g/mol. The van der Waals surface area contributed by atoms with E-state index in [-0.39, 0.29) is 12.1 Å². The Hall–Kier alpha value is -1.78. The van der Waals surface area contributed by atoms with Crippen LogP contribution in [0.25, 0.3) is 0 Å². The maximum atomic E-state index is 13.1. The molecule has 5 heteroatoms. The zero-order valence-electron chi connectivity index (χ0n) is 9.85. The molecule has 0 radical (unpaired) electrons. The summed E-state index contributed by atoms with van der Waals surface area (Å²) in [4.78, 5) is 0. The van der Waals surface area contributed by atoms with Crippen LogP contribution in [0, 0.1) is 6.92 Å². The summed E-state index contributed by atoms with van der Waals surface area (Å²) >= 11 is 0. The van der Waals surface area contributed by atoms with E-state index in [4.69, 9.17) is 0 Å². The van der Waals surface area contributed by atoms with Crippen molar-refractivity contribution in [3.05, 3.63) is 53.9 Å². The summed E-state index contributed by atoms with van der Waals surface area (Å²) in [5.74, 6) is -1.53. The van der Waals surface area contributed by atoms with Crippen LogP contribution in [0.1, 0.15) is 17.2 Å². The van der Waals surface area contributed by atoms with E-state index in [1.165, 1.54) is 16.8 Å². The number of benzene rings is 1. The van der Waals surface area contributed by atoms with Crippen molar-refractivity contribution in [1.82, 2.24) is 9.78 Å².